The zero-order valence-electron chi connectivity index (χ0n) is 11.7. The van der Waals surface area contributed by atoms with Crippen molar-refractivity contribution >= 4 is 11.6 Å². The summed E-state index contributed by atoms with van der Waals surface area (Å²) in [6.07, 6.45) is 3.78. The van der Waals surface area contributed by atoms with Gasteiger partial charge in [-0.15, -0.1) is 5.10 Å². The van der Waals surface area contributed by atoms with Crippen molar-refractivity contribution < 1.29 is 9.59 Å². The number of hydrogen-bond donors (Lipinski definition) is 2. The van der Waals surface area contributed by atoms with Crippen LogP contribution in [0.2, 0.25) is 0 Å². The molecule has 0 saturated heterocycles. The van der Waals surface area contributed by atoms with Crippen molar-refractivity contribution in [3.63, 3.8) is 0 Å². The van der Waals surface area contributed by atoms with E-state index < -0.39 is 11.6 Å². The van der Waals surface area contributed by atoms with Crippen LogP contribution in [0.15, 0.2) is 48.9 Å². The molecule has 6 nitrogen and oxygen atoms in total. The lowest BCUT2D eigenvalue weighted by Crippen LogP contribution is -2.18. The predicted molar refractivity (Wildman–Crippen MR) is 79.5 cm³/mol. The van der Waals surface area contributed by atoms with Gasteiger partial charge in [0.25, 0.3) is 5.78 Å². The molecule has 0 unspecified atom stereocenters. The average Bonchev–Trinajstić information content (AvgIpc) is 3.20. The van der Waals surface area contributed by atoms with Crippen LogP contribution < -0.4 is 0 Å². The van der Waals surface area contributed by atoms with Crippen molar-refractivity contribution in [3.8, 4) is 0 Å². The Bertz CT molecular complexity index is 776. The first-order valence-corrected chi connectivity index (χ1v) is 6.86. The number of Topliss-reactive ketones (excluding diaryl/α,β-unsaturated/α-hetero) is 2. The minimum absolute atomic E-state index is 0.0407. The molecule has 0 aliphatic carbocycles. The zero-order valence-corrected chi connectivity index (χ0v) is 11.7. The van der Waals surface area contributed by atoms with Crippen molar-refractivity contribution in [2.45, 2.75) is 12.8 Å². The Morgan fingerprint density at radius 2 is 1.91 bits per heavy atom. The Hall–Kier alpha value is -3.02. The van der Waals surface area contributed by atoms with Crippen LogP contribution in [-0.2, 0) is 17.6 Å². The number of aromatic nitrogens is 4. The third-order valence-corrected chi connectivity index (χ3v) is 3.38. The molecule has 0 atom stereocenters. The van der Waals surface area contributed by atoms with E-state index in [1.54, 1.807) is 6.20 Å². The number of rotatable bonds is 6. The summed E-state index contributed by atoms with van der Waals surface area (Å²) in [7, 11) is 0. The summed E-state index contributed by atoms with van der Waals surface area (Å²) in [5, 5.41) is 6.07. The quantitative estimate of drug-likeness (QED) is 0.535. The van der Waals surface area contributed by atoms with Gasteiger partial charge in [0.15, 0.2) is 0 Å². The highest BCUT2D eigenvalue weighted by Gasteiger charge is 2.21. The van der Waals surface area contributed by atoms with Gasteiger partial charge in [-0.25, -0.2) is 4.98 Å². The van der Waals surface area contributed by atoms with E-state index >= 15 is 0 Å². The van der Waals surface area contributed by atoms with E-state index in [-0.39, 0.29) is 12.2 Å². The lowest BCUT2D eigenvalue weighted by molar-refractivity contribution is -0.114. The van der Waals surface area contributed by atoms with Crippen LogP contribution in [0.4, 0.5) is 0 Å². The van der Waals surface area contributed by atoms with Gasteiger partial charge >= 0.3 is 0 Å². The van der Waals surface area contributed by atoms with E-state index in [4.69, 9.17) is 0 Å². The van der Waals surface area contributed by atoms with E-state index in [9.17, 15) is 9.59 Å². The Balaban J connectivity index is 1.72. The fourth-order valence-corrected chi connectivity index (χ4v) is 2.26. The molecule has 0 aliphatic rings. The third kappa shape index (κ3) is 3.01. The number of hydrogen-bond acceptors (Lipinski definition) is 4. The number of ketones is 2. The van der Waals surface area contributed by atoms with Crippen molar-refractivity contribution in [1.29, 1.82) is 0 Å². The summed E-state index contributed by atoms with van der Waals surface area (Å²) in [5.74, 6) is -1.29. The topological polar surface area (TPSA) is 91.5 Å². The summed E-state index contributed by atoms with van der Waals surface area (Å²) in [6.45, 7) is 0. The van der Waals surface area contributed by atoms with Crippen LogP contribution in [0.1, 0.15) is 27.4 Å². The van der Waals surface area contributed by atoms with Crippen LogP contribution >= 0.6 is 0 Å². The maximum absolute atomic E-state index is 12.1. The normalized spacial score (nSPS) is 10.5. The second-order valence-corrected chi connectivity index (χ2v) is 4.90. The molecular weight excluding hydrogens is 280 g/mol. The summed E-state index contributed by atoms with van der Waals surface area (Å²) in [5.41, 5.74) is 2.89. The first kappa shape index (κ1) is 13.9. The molecule has 0 saturated carbocycles. The summed E-state index contributed by atoms with van der Waals surface area (Å²) in [4.78, 5) is 30.8. The minimum atomic E-state index is -0.673. The molecule has 0 bridgehead atoms. The molecule has 2 N–H and O–H groups in total. The van der Waals surface area contributed by atoms with Gasteiger partial charge in [0.1, 0.15) is 6.33 Å². The number of carbonyl (C=O) groups excluding carboxylic acids is 2. The largest absolute Gasteiger partial charge is 0.364 e. The number of benzene rings is 1. The fourth-order valence-electron chi connectivity index (χ4n) is 2.26. The number of nitrogens with one attached hydrogen (secondary N) is 2. The highest BCUT2D eigenvalue weighted by Crippen LogP contribution is 2.14. The lowest BCUT2D eigenvalue weighted by Gasteiger charge is -2.03. The van der Waals surface area contributed by atoms with Crippen LogP contribution in [-0.4, -0.2) is 31.7 Å². The van der Waals surface area contributed by atoms with Crippen LogP contribution in [0, 0.1) is 0 Å². The third-order valence-electron chi connectivity index (χ3n) is 3.38. The summed E-state index contributed by atoms with van der Waals surface area (Å²) < 4.78 is 0. The number of carbonyl (C=O) groups is 2. The summed E-state index contributed by atoms with van der Waals surface area (Å²) >= 11 is 0. The molecule has 3 rings (SSSR count). The number of aromatic amines is 2. The molecule has 0 fully saturated rings. The van der Waals surface area contributed by atoms with Gasteiger partial charge in [0.2, 0.25) is 11.6 Å². The Morgan fingerprint density at radius 3 is 2.64 bits per heavy atom. The standard InChI is InChI=1S/C16H14N4O2/c21-14(15(22)16-18-10-19-20-16)9-12-6-7-17-13(12)8-11-4-2-1-3-5-11/h1-7,10,17H,8-9H2,(H,18,19,20). The summed E-state index contributed by atoms with van der Waals surface area (Å²) in [6, 6.07) is 11.8. The highest BCUT2D eigenvalue weighted by atomic mass is 16.2. The molecular formula is C16H14N4O2. The maximum atomic E-state index is 12.1. The number of H-pyrrole nitrogens is 2. The van der Waals surface area contributed by atoms with E-state index in [2.05, 4.69) is 20.2 Å². The smallest absolute Gasteiger partial charge is 0.267 e. The van der Waals surface area contributed by atoms with Crippen LogP contribution in [0.25, 0.3) is 0 Å². The van der Waals surface area contributed by atoms with Gasteiger partial charge in [0, 0.05) is 24.7 Å². The van der Waals surface area contributed by atoms with Gasteiger partial charge in [0.05, 0.1) is 0 Å². The molecule has 0 amide bonds. The van der Waals surface area contributed by atoms with E-state index in [0.29, 0.717) is 6.42 Å². The molecule has 110 valence electrons. The molecule has 2 aromatic heterocycles. The van der Waals surface area contributed by atoms with Crippen molar-refractivity contribution in [3.05, 3.63) is 71.6 Å². The zero-order chi connectivity index (χ0) is 15.4. The number of nitrogens with zero attached hydrogens (tertiary/aromatic N) is 2. The van der Waals surface area contributed by atoms with Crippen LogP contribution in [0.5, 0.6) is 0 Å². The van der Waals surface area contributed by atoms with Gasteiger partial charge in [-0.3, -0.25) is 14.7 Å². The van der Waals surface area contributed by atoms with E-state index in [1.165, 1.54) is 6.33 Å². The van der Waals surface area contributed by atoms with E-state index in [0.717, 1.165) is 16.8 Å². The Morgan fingerprint density at radius 1 is 1.09 bits per heavy atom. The monoisotopic (exact) mass is 294 g/mol. The van der Waals surface area contributed by atoms with Crippen molar-refractivity contribution in [2.24, 2.45) is 0 Å². The first-order chi connectivity index (χ1) is 10.7. The van der Waals surface area contributed by atoms with Gasteiger partial charge in [-0.2, -0.15) is 0 Å². The van der Waals surface area contributed by atoms with Gasteiger partial charge < -0.3 is 4.98 Å². The fraction of sp³-hybridized carbons (Fsp3) is 0.125. The molecule has 22 heavy (non-hydrogen) atoms. The molecule has 0 spiro atoms. The van der Waals surface area contributed by atoms with Gasteiger partial charge in [-0.05, 0) is 17.2 Å². The Kier molecular flexibility index (Phi) is 3.91. The molecule has 2 heterocycles. The maximum Gasteiger partial charge on any atom is 0.267 e. The SMILES string of the molecule is O=C(Cc1cc[nH]c1Cc1ccccc1)C(=O)c1nc[nH]n1. The van der Waals surface area contributed by atoms with Crippen LogP contribution in [0.3, 0.4) is 0 Å². The first-order valence-electron chi connectivity index (χ1n) is 6.86. The lowest BCUT2D eigenvalue weighted by atomic mass is 10.0. The second kappa shape index (κ2) is 6.17. The average molecular weight is 294 g/mol. The second-order valence-electron chi connectivity index (χ2n) is 4.90. The molecule has 3 aromatic rings. The van der Waals surface area contributed by atoms with Crippen molar-refractivity contribution in [2.75, 3.05) is 0 Å². The molecule has 1 aromatic carbocycles. The molecule has 6 heteroatoms. The van der Waals surface area contributed by atoms with E-state index in [1.807, 2.05) is 36.4 Å². The highest BCUT2D eigenvalue weighted by molar-refractivity contribution is 6.43. The molecule has 0 radical (unpaired) electrons. The Labute approximate surface area is 126 Å². The van der Waals surface area contributed by atoms with Gasteiger partial charge in [-0.1, -0.05) is 30.3 Å². The minimum Gasteiger partial charge on any atom is -0.364 e. The molecule has 0 aliphatic heterocycles. The van der Waals surface area contributed by atoms with Crippen molar-refractivity contribution in [1.82, 2.24) is 20.2 Å². The predicted octanol–water partition coefficient (Wildman–Crippen LogP) is 1.72.